The fourth-order valence-electron chi connectivity index (χ4n) is 2.11. The number of piperidine rings is 1. The smallest absolute Gasteiger partial charge is 0.227 e. The van der Waals surface area contributed by atoms with Crippen molar-refractivity contribution in [3.05, 3.63) is 0 Å². The summed E-state index contributed by atoms with van der Waals surface area (Å²) in [5.74, 6) is 0.746. The molecule has 1 saturated heterocycles. The maximum Gasteiger partial charge on any atom is 0.227 e. The van der Waals surface area contributed by atoms with Crippen LogP contribution in [-0.2, 0) is 4.79 Å². The normalized spacial score (nSPS) is 22.1. The van der Waals surface area contributed by atoms with Crippen LogP contribution in [0.1, 0.15) is 33.1 Å². The number of hydrogen-bond donors (Lipinski definition) is 2. The molecule has 1 amide bonds. The van der Waals surface area contributed by atoms with Crippen molar-refractivity contribution in [3.8, 4) is 0 Å². The van der Waals surface area contributed by atoms with E-state index in [-0.39, 0.29) is 5.91 Å². The van der Waals surface area contributed by atoms with Crippen LogP contribution in [0.2, 0.25) is 0 Å². The van der Waals surface area contributed by atoms with Crippen LogP contribution in [0.4, 0.5) is 0 Å². The third-order valence-electron chi connectivity index (χ3n) is 4.17. The van der Waals surface area contributed by atoms with Crippen LogP contribution in [0.5, 0.6) is 0 Å². The molecule has 4 heteroatoms. The van der Waals surface area contributed by atoms with Gasteiger partial charge in [0.2, 0.25) is 5.91 Å². The van der Waals surface area contributed by atoms with E-state index >= 15 is 0 Å². The first-order chi connectivity index (χ1) is 8.01. The topological polar surface area (TPSA) is 58.4 Å². The number of nitrogens with two attached hydrogens (primary N) is 1. The second kappa shape index (κ2) is 6.36. The molecule has 0 saturated carbocycles. The van der Waals surface area contributed by atoms with Gasteiger partial charge in [0.05, 0.1) is 5.41 Å². The van der Waals surface area contributed by atoms with Gasteiger partial charge in [-0.2, -0.15) is 0 Å². The molecule has 1 heterocycles. The highest BCUT2D eigenvalue weighted by Crippen LogP contribution is 2.20. The first-order valence-corrected chi connectivity index (χ1v) is 6.68. The molecule has 4 nitrogen and oxygen atoms in total. The predicted octanol–water partition coefficient (Wildman–Crippen LogP) is 0.819. The van der Waals surface area contributed by atoms with Gasteiger partial charge in [-0.25, -0.2) is 0 Å². The Hall–Kier alpha value is -0.610. The highest BCUT2D eigenvalue weighted by atomic mass is 16.2. The van der Waals surface area contributed by atoms with Crippen molar-refractivity contribution < 1.29 is 4.79 Å². The molecule has 3 N–H and O–H groups in total. The SMILES string of the molecule is CCC(C)(CN)C(=O)NCC1CCN(C)CC1. The van der Waals surface area contributed by atoms with E-state index in [9.17, 15) is 4.79 Å². The summed E-state index contributed by atoms with van der Waals surface area (Å²) in [6.07, 6.45) is 3.16. The lowest BCUT2D eigenvalue weighted by Gasteiger charge is -2.31. The van der Waals surface area contributed by atoms with Crippen LogP contribution in [-0.4, -0.2) is 44.0 Å². The van der Waals surface area contributed by atoms with Crippen molar-refractivity contribution in [2.24, 2.45) is 17.1 Å². The minimum atomic E-state index is -0.397. The van der Waals surface area contributed by atoms with Gasteiger partial charge >= 0.3 is 0 Å². The Balaban J connectivity index is 2.33. The average Bonchev–Trinajstić information content (AvgIpc) is 2.36. The first kappa shape index (κ1) is 14.5. The molecule has 0 aliphatic carbocycles. The van der Waals surface area contributed by atoms with Crippen LogP contribution >= 0.6 is 0 Å². The van der Waals surface area contributed by atoms with Crippen LogP contribution < -0.4 is 11.1 Å². The minimum Gasteiger partial charge on any atom is -0.355 e. The summed E-state index contributed by atoms with van der Waals surface area (Å²) in [6, 6.07) is 0. The molecule has 1 atom stereocenters. The lowest BCUT2D eigenvalue weighted by atomic mass is 9.86. The zero-order chi connectivity index (χ0) is 12.9. The van der Waals surface area contributed by atoms with Gasteiger partial charge in [0.25, 0.3) is 0 Å². The summed E-state index contributed by atoms with van der Waals surface area (Å²) in [7, 11) is 2.15. The maximum absolute atomic E-state index is 12.0. The molecule has 1 aliphatic rings. The first-order valence-electron chi connectivity index (χ1n) is 6.68. The Morgan fingerprint density at radius 3 is 2.53 bits per heavy atom. The molecule has 100 valence electrons. The molecule has 0 aromatic heterocycles. The number of likely N-dealkylation sites (tertiary alicyclic amines) is 1. The molecule has 1 aliphatic heterocycles. The molecule has 0 aromatic carbocycles. The standard InChI is InChI=1S/C13H27N3O/c1-4-13(2,10-14)12(17)15-9-11-5-7-16(3)8-6-11/h11H,4-10,14H2,1-3H3,(H,15,17). The Morgan fingerprint density at radius 2 is 2.06 bits per heavy atom. The number of carbonyl (C=O) groups excluding carboxylic acids is 1. The summed E-state index contributed by atoms with van der Waals surface area (Å²) >= 11 is 0. The summed E-state index contributed by atoms with van der Waals surface area (Å²) < 4.78 is 0. The predicted molar refractivity (Wildman–Crippen MR) is 70.7 cm³/mol. The highest BCUT2D eigenvalue weighted by molar-refractivity contribution is 5.82. The molecule has 0 radical (unpaired) electrons. The van der Waals surface area contributed by atoms with Gasteiger partial charge in [0, 0.05) is 13.1 Å². The van der Waals surface area contributed by atoms with Gasteiger partial charge in [0.1, 0.15) is 0 Å². The van der Waals surface area contributed by atoms with Crippen LogP contribution in [0, 0.1) is 11.3 Å². The fraction of sp³-hybridized carbons (Fsp3) is 0.923. The van der Waals surface area contributed by atoms with Crippen LogP contribution in [0.3, 0.4) is 0 Å². The van der Waals surface area contributed by atoms with Gasteiger partial charge in [0.15, 0.2) is 0 Å². The van der Waals surface area contributed by atoms with Gasteiger partial charge in [-0.05, 0) is 52.2 Å². The van der Waals surface area contributed by atoms with E-state index in [1.165, 1.54) is 12.8 Å². The van der Waals surface area contributed by atoms with Gasteiger partial charge in [-0.15, -0.1) is 0 Å². The van der Waals surface area contributed by atoms with Crippen molar-refractivity contribution in [2.75, 3.05) is 33.2 Å². The van der Waals surface area contributed by atoms with Crippen LogP contribution in [0.25, 0.3) is 0 Å². The van der Waals surface area contributed by atoms with E-state index in [0.29, 0.717) is 12.5 Å². The van der Waals surface area contributed by atoms with E-state index < -0.39 is 5.41 Å². The van der Waals surface area contributed by atoms with Crippen molar-refractivity contribution in [1.82, 2.24) is 10.2 Å². The van der Waals surface area contributed by atoms with Crippen molar-refractivity contribution in [1.29, 1.82) is 0 Å². The summed E-state index contributed by atoms with van der Waals surface area (Å²) in [5.41, 5.74) is 5.28. The van der Waals surface area contributed by atoms with E-state index in [1.807, 2.05) is 13.8 Å². The molecule has 1 fully saturated rings. The summed E-state index contributed by atoms with van der Waals surface area (Å²) in [5, 5.41) is 3.07. The molecule has 1 unspecified atom stereocenters. The van der Waals surface area contributed by atoms with Gasteiger partial charge in [-0.1, -0.05) is 6.92 Å². The number of carbonyl (C=O) groups is 1. The van der Waals surface area contributed by atoms with Crippen LogP contribution in [0.15, 0.2) is 0 Å². The Morgan fingerprint density at radius 1 is 1.47 bits per heavy atom. The summed E-state index contributed by atoms with van der Waals surface area (Å²) in [4.78, 5) is 14.4. The monoisotopic (exact) mass is 241 g/mol. The zero-order valence-corrected chi connectivity index (χ0v) is 11.5. The van der Waals surface area contributed by atoms with E-state index in [0.717, 1.165) is 26.1 Å². The lowest BCUT2D eigenvalue weighted by Crippen LogP contribution is -2.46. The minimum absolute atomic E-state index is 0.112. The molecule has 0 aromatic rings. The quantitative estimate of drug-likeness (QED) is 0.749. The zero-order valence-electron chi connectivity index (χ0n) is 11.5. The third kappa shape index (κ3) is 3.96. The summed E-state index contributed by atoms with van der Waals surface area (Å²) in [6.45, 7) is 7.47. The number of rotatable bonds is 5. The maximum atomic E-state index is 12.0. The fourth-order valence-corrected chi connectivity index (χ4v) is 2.11. The van der Waals surface area contributed by atoms with E-state index in [4.69, 9.17) is 5.73 Å². The molecular formula is C13H27N3O. The average molecular weight is 241 g/mol. The van der Waals surface area contributed by atoms with Gasteiger partial charge < -0.3 is 16.0 Å². The molecule has 1 rings (SSSR count). The number of hydrogen-bond acceptors (Lipinski definition) is 3. The van der Waals surface area contributed by atoms with Crippen molar-refractivity contribution >= 4 is 5.91 Å². The second-order valence-electron chi connectivity index (χ2n) is 5.58. The lowest BCUT2D eigenvalue weighted by molar-refractivity contribution is -0.130. The number of nitrogens with one attached hydrogen (secondary N) is 1. The second-order valence-corrected chi connectivity index (χ2v) is 5.58. The molecular weight excluding hydrogens is 214 g/mol. The van der Waals surface area contributed by atoms with Crippen molar-refractivity contribution in [3.63, 3.8) is 0 Å². The molecule has 17 heavy (non-hydrogen) atoms. The van der Waals surface area contributed by atoms with Gasteiger partial charge in [-0.3, -0.25) is 4.79 Å². The Bertz CT molecular complexity index is 243. The molecule has 0 bridgehead atoms. The largest absolute Gasteiger partial charge is 0.355 e. The Kier molecular flexibility index (Phi) is 5.40. The van der Waals surface area contributed by atoms with E-state index in [2.05, 4.69) is 17.3 Å². The third-order valence-corrected chi connectivity index (χ3v) is 4.17. The number of amides is 1. The number of nitrogens with zero attached hydrogens (tertiary/aromatic N) is 1. The van der Waals surface area contributed by atoms with Crippen molar-refractivity contribution in [2.45, 2.75) is 33.1 Å². The van der Waals surface area contributed by atoms with E-state index in [1.54, 1.807) is 0 Å². The molecule has 0 spiro atoms. The highest BCUT2D eigenvalue weighted by Gasteiger charge is 2.30. The Labute approximate surface area is 105 Å².